The summed E-state index contributed by atoms with van der Waals surface area (Å²) in [6, 6.07) is 12.7. The fourth-order valence-corrected chi connectivity index (χ4v) is 2.55. The number of halogens is 2. The molecule has 3 rings (SSSR count). The van der Waals surface area contributed by atoms with Crippen LogP contribution in [0.3, 0.4) is 0 Å². The monoisotopic (exact) mass is 307 g/mol. The summed E-state index contributed by atoms with van der Waals surface area (Å²) in [6.45, 7) is 0.477. The van der Waals surface area contributed by atoms with Gasteiger partial charge in [-0.15, -0.1) is 0 Å². The van der Waals surface area contributed by atoms with Gasteiger partial charge in [0.05, 0.1) is 12.2 Å². The van der Waals surface area contributed by atoms with Gasteiger partial charge in [0, 0.05) is 10.0 Å². The van der Waals surface area contributed by atoms with Gasteiger partial charge in [0.25, 0.3) is 5.91 Å². The second-order valence-corrected chi connectivity index (χ2v) is 5.38. The van der Waals surface area contributed by atoms with E-state index in [2.05, 4.69) is 0 Å². The normalized spacial score (nSPS) is 13.9. The number of amides is 1. The van der Waals surface area contributed by atoms with Gasteiger partial charge in [-0.2, -0.15) is 0 Å². The molecule has 0 aromatic heterocycles. The van der Waals surface area contributed by atoms with E-state index in [-0.39, 0.29) is 12.5 Å². The summed E-state index contributed by atoms with van der Waals surface area (Å²) in [6.07, 6.45) is 0. The molecular weight excluding hydrogens is 297 g/mol. The number of carbonyl (C=O) groups excluding carboxylic acids is 1. The van der Waals surface area contributed by atoms with Crippen LogP contribution in [-0.4, -0.2) is 12.5 Å². The number of fused-ring (bicyclic) bond motifs is 1. The van der Waals surface area contributed by atoms with Crippen molar-refractivity contribution in [3.8, 4) is 5.75 Å². The lowest BCUT2D eigenvalue weighted by atomic mass is 10.1. The van der Waals surface area contributed by atoms with Gasteiger partial charge in [-0.25, -0.2) is 0 Å². The highest BCUT2D eigenvalue weighted by Crippen LogP contribution is 2.35. The molecule has 0 aliphatic carbocycles. The van der Waals surface area contributed by atoms with Crippen molar-refractivity contribution in [2.75, 3.05) is 11.5 Å². The number of anilines is 1. The van der Waals surface area contributed by atoms with Gasteiger partial charge >= 0.3 is 0 Å². The third-order valence-electron chi connectivity index (χ3n) is 3.09. The van der Waals surface area contributed by atoms with Crippen molar-refractivity contribution in [3.63, 3.8) is 0 Å². The van der Waals surface area contributed by atoms with Gasteiger partial charge in [0.2, 0.25) is 0 Å². The molecule has 1 aliphatic rings. The molecule has 3 nitrogen and oxygen atoms in total. The summed E-state index contributed by atoms with van der Waals surface area (Å²) >= 11 is 12.0. The first-order valence-corrected chi connectivity index (χ1v) is 6.86. The third kappa shape index (κ3) is 2.60. The Balaban J connectivity index is 1.97. The second-order valence-electron chi connectivity index (χ2n) is 4.51. The standard InChI is InChI=1S/C15H11Cl2NO2/c16-11-3-1-2-10(6-11)8-18-13-7-12(17)4-5-14(13)20-9-15(18)19/h1-7H,8-9H2. The van der Waals surface area contributed by atoms with E-state index in [1.807, 2.05) is 18.2 Å². The molecule has 2 aromatic rings. The maximum atomic E-state index is 12.1. The van der Waals surface area contributed by atoms with Gasteiger partial charge in [0.15, 0.2) is 6.61 Å². The smallest absolute Gasteiger partial charge is 0.265 e. The van der Waals surface area contributed by atoms with Gasteiger partial charge in [0.1, 0.15) is 5.75 Å². The molecule has 1 aliphatic heterocycles. The lowest BCUT2D eigenvalue weighted by Gasteiger charge is -2.29. The van der Waals surface area contributed by atoms with Crippen molar-refractivity contribution in [3.05, 3.63) is 58.1 Å². The van der Waals surface area contributed by atoms with Crippen molar-refractivity contribution in [2.24, 2.45) is 0 Å². The molecule has 1 amide bonds. The Bertz CT molecular complexity index is 673. The van der Waals surface area contributed by atoms with Crippen molar-refractivity contribution in [2.45, 2.75) is 6.54 Å². The number of nitrogens with zero attached hydrogens (tertiary/aromatic N) is 1. The number of benzene rings is 2. The van der Waals surface area contributed by atoms with Crippen LogP contribution in [0.2, 0.25) is 10.0 Å². The molecule has 0 bridgehead atoms. The van der Waals surface area contributed by atoms with Crippen LogP contribution in [0.5, 0.6) is 5.75 Å². The summed E-state index contributed by atoms with van der Waals surface area (Å²) in [4.78, 5) is 13.7. The molecule has 20 heavy (non-hydrogen) atoms. The van der Waals surface area contributed by atoms with Gasteiger partial charge in [-0.05, 0) is 35.9 Å². The predicted octanol–water partition coefficient (Wildman–Crippen LogP) is 3.92. The predicted molar refractivity (Wildman–Crippen MR) is 79.6 cm³/mol. The maximum Gasteiger partial charge on any atom is 0.265 e. The number of hydrogen-bond acceptors (Lipinski definition) is 2. The Morgan fingerprint density at radius 2 is 1.90 bits per heavy atom. The highest BCUT2D eigenvalue weighted by atomic mass is 35.5. The SMILES string of the molecule is O=C1COc2ccc(Cl)cc2N1Cc1cccc(Cl)c1. The summed E-state index contributed by atoms with van der Waals surface area (Å²) in [7, 11) is 0. The average molecular weight is 308 g/mol. The molecule has 0 saturated heterocycles. The zero-order valence-electron chi connectivity index (χ0n) is 10.5. The molecule has 0 saturated carbocycles. The van der Waals surface area contributed by atoms with Crippen molar-refractivity contribution in [1.29, 1.82) is 0 Å². The molecule has 0 spiro atoms. The van der Waals surface area contributed by atoms with Crippen molar-refractivity contribution in [1.82, 2.24) is 0 Å². The van der Waals surface area contributed by atoms with Crippen molar-refractivity contribution >= 4 is 34.8 Å². The first-order valence-electron chi connectivity index (χ1n) is 6.10. The quantitative estimate of drug-likeness (QED) is 0.841. The van der Waals surface area contributed by atoms with Crippen LogP contribution in [0.15, 0.2) is 42.5 Å². The zero-order chi connectivity index (χ0) is 14.1. The van der Waals surface area contributed by atoms with E-state index in [0.29, 0.717) is 28.0 Å². The molecule has 0 radical (unpaired) electrons. The summed E-state index contributed by atoms with van der Waals surface area (Å²) in [5, 5.41) is 1.22. The summed E-state index contributed by atoms with van der Waals surface area (Å²) in [5.74, 6) is 0.566. The fourth-order valence-electron chi connectivity index (χ4n) is 2.17. The van der Waals surface area contributed by atoms with E-state index in [1.165, 1.54) is 0 Å². The first-order chi connectivity index (χ1) is 9.63. The Labute approximate surface area is 126 Å². The lowest BCUT2D eigenvalue weighted by Crippen LogP contribution is -2.38. The van der Waals surface area contributed by atoms with E-state index in [9.17, 15) is 4.79 Å². The number of hydrogen-bond donors (Lipinski definition) is 0. The zero-order valence-corrected chi connectivity index (χ0v) is 12.0. The molecule has 5 heteroatoms. The molecule has 1 heterocycles. The van der Waals surface area contributed by atoms with Crippen LogP contribution in [0.25, 0.3) is 0 Å². The Morgan fingerprint density at radius 3 is 2.70 bits per heavy atom. The van der Waals surface area contributed by atoms with E-state index in [4.69, 9.17) is 27.9 Å². The number of rotatable bonds is 2. The van der Waals surface area contributed by atoms with Crippen LogP contribution in [-0.2, 0) is 11.3 Å². The molecule has 0 fully saturated rings. The fraction of sp³-hybridized carbons (Fsp3) is 0.133. The minimum atomic E-state index is -0.0975. The van der Waals surface area contributed by atoms with Gasteiger partial charge in [-0.3, -0.25) is 4.79 Å². The molecular formula is C15H11Cl2NO2. The molecule has 2 aromatic carbocycles. The minimum Gasteiger partial charge on any atom is -0.482 e. The maximum absolute atomic E-state index is 12.1. The second kappa shape index (κ2) is 5.35. The lowest BCUT2D eigenvalue weighted by molar-refractivity contribution is -0.121. The molecule has 102 valence electrons. The van der Waals surface area contributed by atoms with E-state index >= 15 is 0 Å². The highest BCUT2D eigenvalue weighted by molar-refractivity contribution is 6.31. The Morgan fingerprint density at radius 1 is 1.10 bits per heavy atom. The number of ether oxygens (including phenoxy) is 1. The molecule has 0 unspecified atom stereocenters. The van der Waals surface area contributed by atoms with Crippen LogP contribution in [0.1, 0.15) is 5.56 Å². The summed E-state index contributed by atoms with van der Waals surface area (Å²) in [5.41, 5.74) is 1.65. The van der Waals surface area contributed by atoms with Crippen LogP contribution < -0.4 is 9.64 Å². The van der Waals surface area contributed by atoms with Crippen LogP contribution >= 0.6 is 23.2 Å². The van der Waals surface area contributed by atoms with Crippen LogP contribution in [0, 0.1) is 0 Å². The van der Waals surface area contributed by atoms with E-state index in [1.54, 1.807) is 29.2 Å². The average Bonchev–Trinajstić information content (AvgIpc) is 2.42. The number of carbonyl (C=O) groups is 1. The Hall–Kier alpha value is -1.71. The summed E-state index contributed by atoms with van der Waals surface area (Å²) < 4.78 is 5.41. The molecule has 0 N–H and O–H groups in total. The highest BCUT2D eigenvalue weighted by Gasteiger charge is 2.25. The van der Waals surface area contributed by atoms with Crippen molar-refractivity contribution < 1.29 is 9.53 Å². The first kappa shape index (κ1) is 13.3. The van der Waals surface area contributed by atoms with E-state index < -0.39 is 0 Å². The largest absolute Gasteiger partial charge is 0.482 e. The topological polar surface area (TPSA) is 29.5 Å². The van der Waals surface area contributed by atoms with Crippen LogP contribution in [0.4, 0.5) is 5.69 Å². The third-order valence-corrected chi connectivity index (χ3v) is 3.56. The van der Waals surface area contributed by atoms with Gasteiger partial charge in [-0.1, -0.05) is 35.3 Å². The molecule has 0 atom stereocenters. The Kier molecular flexibility index (Phi) is 3.55. The minimum absolute atomic E-state index is 0.0369. The van der Waals surface area contributed by atoms with Gasteiger partial charge < -0.3 is 9.64 Å². The van der Waals surface area contributed by atoms with E-state index in [0.717, 1.165) is 5.56 Å².